The van der Waals surface area contributed by atoms with Crippen molar-refractivity contribution in [2.45, 2.75) is 18.9 Å². The van der Waals surface area contributed by atoms with E-state index in [4.69, 9.17) is 11.6 Å². The average Bonchev–Trinajstić information content (AvgIpc) is 3.41. The van der Waals surface area contributed by atoms with Crippen molar-refractivity contribution in [3.63, 3.8) is 0 Å². The Morgan fingerprint density at radius 2 is 1.28 bits per heavy atom. The maximum Gasteiger partial charge on any atom is 0.267 e. The molecule has 0 saturated heterocycles. The van der Waals surface area contributed by atoms with Crippen LogP contribution in [0.3, 0.4) is 0 Å². The van der Waals surface area contributed by atoms with Crippen molar-refractivity contribution in [1.82, 2.24) is 9.88 Å². The highest BCUT2D eigenvalue weighted by atomic mass is 35.5. The Bertz CT molecular complexity index is 1330. The maximum absolute atomic E-state index is 12.9. The standard InChI is InChI=1S/C24H14ClN3O4/c25-16-11-19(28-23(31)14-7-3-4-8-15(14)24(28)32)26-17-9-10-18(20(16)17)27-21(29)12-5-1-2-6-13(12)22(27)30/h1-8,11,18H,9-10H2. The maximum atomic E-state index is 12.9. The summed E-state index contributed by atoms with van der Waals surface area (Å²) in [5, 5.41) is 0.264. The molecule has 8 heteroatoms. The summed E-state index contributed by atoms with van der Waals surface area (Å²) in [7, 11) is 0. The van der Waals surface area contributed by atoms with Crippen molar-refractivity contribution in [3.8, 4) is 0 Å². The van der Waals surface area contributed by atoms with Gasteiger partial charge >= 0.3 is 0 Å². The van der Waals surface area contributed by atoms with E-state index in [1.54, 1.807) is 48.5 Å². The normalized spacial score (nSPS) is 19.0. The molecule has 3 aromatic rings. The molecule has 0 spiro atoms. The van der Waals surface area contributed by atoms with E-state index in [1.165, 1.54) is 11.0 Å². The molecule has 0 bridgehead atoms. The molecule has 2 aromatic carbocycles. The zero-order chi connectivity index (χ0) is 22.1. The SMILES string of the molecule is O=C1c2ccccc2C(=O)N1c1cc(Cl)c2c(n1)CCC2N1C(=O)c2ccccc2C1=O. The second-order valence-electron chi connectivity index (χ2n) is 7.89. The van der Waals surface area contributed by atoms with Gasteiger partial charge in [0.25, 0.3) is 23.6 Å². The minimum absolute atomic E-state index is 0.142. The van der Waals surface area contributed by atoms with Gasteiger partial charge < -0.3 is 0 Å². The van der Waals surface area contributed by atoms with Crippen molar-refractivity contribution in [2.75, 3.05) is 4.90 Å². The predicted octanol–water partition coefficient (Wildman–Crippen LogP) is 3.82. The highest BCUT2D eigenvalue weighted by molar-refractivity contribution is 6.35. The van der Waals surface area contributed by atoms with Gasteiger partial charge in [0.15, 0.2) is 0 Å². The molecule has 2 aliphatic heterocycles. The number of benzene rings is 2. The molecule has 1 aromatic heterocycles. The van der Waals surface area contributed by atoms with Crippen LogP contribution in [0.4, 0.5) is 5.82 Å². The number of amides is 4. The van der Waals surface area contributed by atoms with E-state index in [2.05, 4.69) is 4.98 Å². The molecule has 32 heavy (non-hydrogen) atoms. The molecule has 6 rings (SSSR count). The summed E-state index contributed by atoms with van der Waals surface area (Å²) in [5.41, 5.74) is 2.54. The summed E-state index contributed by atoms with van der Waals surface area (Å²) in [6, 6.07) is 14.2. The van der Waals surface area contributed by atoms with Gasteiger partial charge in [0.05, 0.1) is 33.3 Å². The zero-order valence-corrected chi connectivity index (χ0v) is 17.3. The summed E-state index contributed by atoms with van der Waals surface area (Å²) in [6.07, 6.45) is 0.934. The minimum atomic E-state index is -0.548. The number of pyridine rings is 1. The van der Waals surface area contributed by atoms with Crippen molar-refractivity contribution >= 4 is 41.0 Å². The summed E-state index contributed by atoms with van der Waals surface area (Å²) >= 11 is 6.60. The second-order valence-corrected chi connectivity index (χ2v) is 8.30. The minimum Gasteiger partial charge on any atom is -0.269 e. The van der Waals surface area contributed by atoms with Gasteiger partial charge in [-0.1, -0.05) is 35.9 Å². The van der Waals surface area contributed by atoms with Crippen LogP contribution >= 0.6 is 11.6 Å². The van der Waals surface area contributed by atoms with Crippen molar-refractivity contribution < 1.29 is 19.2 Å². The molecule has 1 aliphatic carbocycles. The van der Waals surface area contributed by atoms with Gasteiger partial charge in [-0.2, -0.15) is 0 Å². The smallest absolute Gasteiger partial charge is 0.267 e. The number of carbonyl (C=O) groups is 4. The number of aromatic nitrogens is 1. The van der Waals surface area contributed by atoms with Crippen molar-refractivity contribution in [2.24, 2.45) is 0 Å². The third kappa shape index (κ3) is 2.39. The molecule has 7 nitrogen and oxygen atoms in total. The quantitative estimate of drug-likeness (QED) is 0.562. The van der Waals surface area contributed by atoms with Crippen LogP contribution < -0.4 is 4.90 Å². The molecule has 3 aliphatic rings. The molecule has 1 unspecified atom stereocenters. The van der Waals surface area contributed by atoms with E-state index < -0.39 is 17.9 Å². The molecule has 1 atom stereocenters. The number of hydrogen-bond acceptors (Lipinski definition) is 5. The van der Waals surface area contributed by atoms with Crippen LogP contribution in [0, 0.1) is 0 Å². The van der Waals surface area contributed by atoms with Crippen LogP contribution in [0.2, 0.25) is 5.02 Å². The first kappa shape index (κ1) is 18.9. The first-order valence-corrected chi connectivity index (χ1v) is 10.5. The van der Waals surface area contributed by atoms with E-state index in [0.717, 1.165) is 4.90 Å². The molecule has 0 radical (unpaired) electrons. The number of hydrogen-bond donors (Lipinski definition) is 0. The van der Waals surface area contributed by atoms with Gasteiger partial charge in [-0.3, -0.25) is 24.1 Å². The molecule has 4 amide bonds. The largest absolute Gasteiger partial charge is 0.269 e. The molecular formula is C24H14ClN3O4. The summed E-state index contributed by atoms with van der Waals surface area (Å²) in [4.78, 5) is 58.4. The van der Waals surface area contributed by atoms with E-state index in [1.807, 2.05) is 0 Å². The van der Waals surface area contributed by atoms with Crippen LogP contribution in [0.5, 0.6) is 0 Å². The third-order valence-electron chi connectivity index (χ3n) is 6.22. The Labute approximate surface area is 187 Å². The zero-order valence-electron chi connectivity index (χ0n) is 16.5. The third-order valence-corrected chi connectivity index (χ3v) is 6.53. The lowest BCUT2D eigenvalue weighted by Gasteiger charge is -2.24. The first-order valence-electron chi connectivity index (χ1n) is 10.1. The molecular weight excluding hydrogens is 430 g/mol. The fraction of sp³-hybridized carbons (Fsp3) is 0.125. The predicted molar refractivity (Wildman–Crippen MR) is 115 cm³/mol. The van der Waals surface area contributed by atoms with Crippen LogP contribution in [0.15, 0.2) is 54.6 Å². The fourth-order valence-corrected chi connectivity index (χ4v) is 5.11. The van der Waals surface area contributed by atoms with Crippen LogP contribution in [-0.2, 0) is 6.42 Å². The summed E-state index contributed by atoms with van der Waals surface area (Å²) in [6.45, 7) is 0. The number of imide groups is 2. The highest BCUT2D eigenvalue weighted by Gasteiger charge is 2.45. The van der Waals surface area contributed by atoms with Crippen LogP contribution in [0.1, 0.15) is 65.2 Å². The number of carbonyl (C=O) groups excluding carboxylic acids is 4. The van der Waals surface area contributed by atoms with E-state index in [0.29, 0.717) is 46.4 Å². The lowest BCUT2D eigenvalue weighted by atomic mass is 10.1. The average molecular weight is 444 g/mol. The molecule has 3 heterocycles. The van der Waals surface area contributed by atoms with Crippen LogP contribution in [-0.4, -0.2) is 33.5 Å². The highest BCUT2D eigenvalue weighted by Crippen LogP contribution is 2.44. The molecule has 156 valence electrons. The number of fused-ring (bicyclic) bond motifs is 3. The monoisotopic (exact) mass is 443 g/mol. The molecule has 0 fully saturated rings. The van der Waals surface area contributed by atoms with E-state index in [9.17, 15) is 19.2 Å². The van der Waals surface area contributed by atoms with Gasteiger partial charge in [-0.15, -0.1) is 0 Å². The number of anilines is 1. The lowest BCUT2D eigenvalue weighted by Crippen LogP contribution is -2.33. The van der Waals surface area contributed by atoms with Gasteiger partial charge in [0, 0.05) is 17.3 Å². The number of aryl methyl sites for hydroxylation is 1. The Morgan fingerprint density at radius 3 is 1.81 bits per heavy atom. The molecule has 0 saturated carbocycles. The summed E-state index contributed by atoms with van der Waals surface area (Å²) < 4.78 is 0. The van der Waals surface area contributed by atoms with Gasteiger partial charge in [-0.05, 0) is 37.1 Å². The van der Waals surface area contributed by atoms with Gasteiger partial charge in [-0.25, -0.2) is 9.88 Å². The first-order chi connectivity index (χ1) is 15.5. The number of halogens is 1. The Morgan fingerprint density at radius 1 is 0.781 bits per heavy atom. The number of nitrogens with zero attached hydrogens (tertiary/aromatic N) is 3. The van der Waals surface area contributed by atoms with Gasteiger partial charge in [0.2, 0.25) is 0 Å². The molecule has 0 N–H and O–H groups in total. The van der Waals surface area contributed by atoms with E-state index in [-0.39, 0.29) is 22.7 Å². The van der Waals surface area contributed by atoms with Crippen LogP contribution in [0.25, 0.3) is 0 Å². The summed E-state index contributed by atoms with van der Waals surface area (Å²) in [5.74, 6) is -1.48. The van der Waals surface area contributed by atoms with E-state index >= 15 is 0 Å². The second kappa shape index (κ2) is 6.58. The lowest BCUT2D eigenvalue weighted by molar-refractivity contribution is 0.0582. The number of rotatable bonds is 2. The fourth-order valence-electron chi connectivity index (χ4n) is 4.78. The van der Waals surface area contributed by atoms with Crippen molar-refractivity contribution in [3.05, 3.63) is 93.1 Å². The Hall–Kier alpha value is -3.84. The van der Waals surface area contributed by atoms with Crippen molar-refractivity contribution in [1.29, 1.82) is 0 Å². The topological polar surface area (TPSA) is 87.7 Å². The Balaban J connectivity index is 1.39. The Kier molecular flexibility index (Phi) is 3.88. The van der Waals surface area contributed by atoms with Gasteiger partial charge in [0.1, 0.15) is 5.82 Å².